The second-order valence-corrected chi connectivity index (χ2v) is 4.54. The van der Waals surface area contributed by atoms with Crippen LogP contribution in [-0.4, -0.2) is 34.1 Å². The predicted molar refractivity (Wildman–Crippen MR) is 66.8 cm³/mol. The zero-order chi connectivity index (χ0) is 12.7. The Balaban J connectivity index is 2.53. The summed E-state index contributed by atoms with van der Waals surface area (Å²) in [5.41, 5.74) is 5.03. The van der Waals surface area contributed by atoms with Crippen molar-refractivity contribution < 1.29 is 9.53 Å². The first-order valence-corrected chi connectivity index (χ1v) is 6.37. The maximum atomic E-state index is 11.4. The molecule has 0 amide bonds. The smallest absolute Gasteiger partial charge is 0.349 e. The lowest BCUT2D eigenvalue weighted by Crippen LogP contribution is -2.25. The Hall–Kier alpha value is -1.50. The van der Waals surface area contributed by atoms with Crippen molar-refractivity contribution in [2.24, 2.45) is 0 Å². The Morgan fingerprint density at radius 2 is 2.47 bits per heavy atom. The normalized spacial score (nSPS) is 12.1. The summed E-state index contributed by atoms with van der Waals surface area (Å²) in [5, 5.41) is 0.171. The molecule has 7 heteroatoms. The molecule has 1 rings (SSSR count). The monoisotopic (exact) mass is 257 g/mol. The van der Waals surface area contributed by atoms with E-state index in [4.69, 9.17) is 10.5 Å². The molecule has 0 aliphatic rings. The Kier molecular flexibility index (Phi) is 5.55. The van der Waals surface area contributed by atoms with Gasteiger partial charge in [0.25, 0.3) is 6.47 Å². The molecule has 1 heterocycles. The summed E-state index contributed by atoms with van der Waals surface area (Å²) in [5.74, 6) is 0.219. The van der Waals surface area contributed by atoms with Gasteiger partial charge in [-0.25, -0.2) is 4.79 Å². The molecule has 0 aromatic carbocycles. The van der Waals surface area contributed by atoms with E-state index in [-0.39, 0.29) is 16.8 Å². The lowest BCUT2D eigenvalue weighted by atomic mass is 10.3. The van der Waals surface area contributed by atoms with Gasteiger partial charge >= 0.3 is 5.69 Å². The fraction of sp³-hybridized carbons (Fsp3) is 0.500. The van der Waals surface area contributed by atoms with Gasteiger partial charge in [0, 0.05) is 18.0 Å². The zero-order valence-electron chi connectivity index (χ0n) is 9.54. The van der Waals surface area contributed by atoms with Crippen LogP contribution in [0.4, 0.5) is 5.82 Å². The molecular weight excluding hydrogens is 242 g/mol. The lowest BCUT2D eigenvalue weighted by Gasteiger charge is -2.13. The Labute approximate surface area is 103 Å². The van der Waals surface area contributed by atoms with Gasteiger partial charge < -0.3 is 10.5 Å². The van der Waals surface area contributed by atoms with Gasteiger partial charge in [0.1, 0.15) is 12.4 Å². The molecule has 0 saturated heterocycles. The molecule has 0 saturated carbocycles. The van der Waals surface area contributed by atoms with E-state index in [0.717, 1.165) is 6.42 Å². The molecule has 0 bridgehead atoms. The molecule has 2 N–H and O–H groups in total. The third-order valence-corrected chi connectivity index (χ3v) is 3.31. The van der Waals surface area contributed by atoms with Gasteiger partial charge in [-0.1, -0.05) is 0 Å². The fourth-order valence-corrected chi connectivity index (χ4v) is 1.87. The summed E-state index contributed by atoms with van der Waals surface area (Å²) < 4.78 is 6.19. The van der Waals surface area contributed by atoms with Crippen LogP contribution in [0.15, 0.2) is 17.1 Å². The number of hydrogen-bond donors (Lipinski definition) is 1. The SMILES string of the molecule is CSC(CCn1ccc(N)nc1=O)COC=O. The summed E-state index contributed by atoms with van der Waals surface area (Å²) in [7, 11) is 0. The third kappa shape index (κ3) is 4.48. The molecule has 0 aliphatic heterocycles. The van der Waals surface area contributed by atoms with Crippen molar-refractivity contribution in [2.75, 3.05) is 18.6 Å². The average Bonchev–Trinajstić information content (AvgIpc) is 2.31. The summed E-state index contributed by atoms with van der Waals surface area (Å²) >= 11 is 1.59. The van der Waals surface area contributed by atoms with Gasteiger partial charge in [-0.3, -0.25) is 9.36 Å². The van der Waals surface area contributed by atoms with Crippen molar-refractivity contribution in [2.45, 2.75) is 18.2 Å². The Morgan fingerprint density at radius 1 is 1.71 bits per heavy atom. The number of hydrogen-bond acceptors (Lipinski definition) is 6. The number of ether oxygens (including phenoxy) is 1. The average molecular weight is 257 g/mol. The number of nitrogens with two attached hydrogens (primary N) is 1. The van der Waals surface area contributed by atoms with Crippen LogP contribution in [0.25, 0.3) is 0 Å². The summed E-state index contributed by atoms with van der Waals surface area (Å²) in [4.78, 5) is 25.1. The molecule has 0 aliphatic carbocycles. The highest BCUT2D eigenvalue weighted by molar-refractivity contribution is 7.99. The van der Waals surface area contributed by atoms with Crippen molar-refractivity contribution in [3.63, 3.8) is 0 Å². The van der Waals surface area contributed by atoms with Crippen LogP contribution in [0.1, 0.15) is 6.42 Å². The molecule has 0 radical (unpaired) electrons. The molecule has 1 aromatic heterocycles. The van der Waals surface area contributed by atoms with Crippen molar-refractivity contribution in [3.05, 3.63) is 22.7 Å². The number of thioether (sulfide) groups is 1. The van der Waals surface area contributed by atoms with Crippen LogP contribution in [0.5, 0.6) is 0 Å². The summed E-state index contributed by atoms with van der Waals surface area (Å²) in [6.45, 7) is 1.31. The minimum absolute atomic E-state index is 0.171. The summed E-state index contributed by atoms with van der Waals surface area (Å²) in [6.07, 6.45) is 4.27. The number of carbonyl (C=O) groups excluding carboxylic acids is 1. The number of nitrogens with zero attached hydrogens (tertiary/aromatic N) is 2. The quantitative estimate of drug-likeness (QED) is 0.698. The zero-order valence-corrected chi connectivity index (χ0v) is 10.4. The number of aromatic nitrogens is 2. The van der Waals surface area contributed by atoms with Gasteiger partial charge in [0.2, 0.25) is 0 Å². The van der Waals surface area contributed by atoms with Gasteiger partial charge in [-0.15, -0.1) is 0 Å². The molecule has 0 fully saturated rings. The number of carbonyl (C=O) groups is 1. The third-order valence-electron chi connectivity index (χ3n) is 2.27. The second kappa shape index (κ2) is 6.95. The van der Waals surface area contributed by atoms with Crippen molar-refractivity contribution in [3.8, 4) is 0 Å². The fourth-order valence-electron chi connectivity index (χ4n) is 1.31. The Bertz CT molecular complexity index is 422. The molecule has 6 nitrogen and oxygen atoms in total. The predicted octanol–water partition coefficient (Wildman–Crippen LogP) is 0.120. The first-order chi connectivity index (χ1) is 8.17. The van der Waals surface area contributed by atoms with Crippen LogP contribution < -0.4 is 11.4 Å². The van der Waals surface area contributed by atoms with E-state index in [1.165, 1.54) is 4.57 Å². The number of anilines is 1. The van der Waals surface area contributed by atoms with E-state index >= 15 is 0 Å². The van der Waals surface area contributed by atoms with Gasteiger partial charge in [-0.05, 0) is 18.7 Å². The first kappa shape index (κ1) is 13.6. The molecule has 1 aromatic rings. The van der Waals surface area contributed by atoms with Crippen molar-refractivity contribution >= 4 is 24.1 Å². The van der Waals surface area contributed by atoms with Crippen LogP contribution in [-0.2, 0) is 16.1 Å². The van der Waals surface area contributed by atoms with Gasteiger partial charge in [0.05, 0.1) is 0 Å². The maximum absolute atomic E-state index is 11.4. The van der Waals surface area contributed by atoms with E-state index in [9.17, 15) is 9.59 Å². The van der Waals surface area contributed by atoms with E-state index in [1.54, 1.807) is 24.0 Å². The van der Waals surface area contributed by atoms with E-state index < -0.39 is 0 Å². The number of aryl methyl sites for hydroxylation is 1. The summed E-state index contributed by atoms with van der Waals surface area (Å²) in [6, 6.07) is 1.58. The molecule has 1 atom stereocenters. The van der Waals surface area contributed by atoms with Crippen LogP contribution in [0.2, 0.25) is 0 Å². The molecule has 1 unspecified atom stereocenters. The van der Waals surface area contributed by atoms with Gasteiger partial charge in [-0.2, -0.15) is 16.7 Å². The second-order valence-electron chi connectivity index (χ2n) is 3.40. The van der Waals surface area contributed by atoms with E-state index in [1.807, 2.05) is 6.26 Å². The molecule has 0 spiro atoms. The van der Waals surface area contributed by atoms with Crippen LogP contribution >= 0.6 is 11.8 Å². The number of nitrogen functional groups attached to an aromatic ring is 1. The minimum atomic E-state index is -0.360. The number of rotatable bonds is 7. The van der Waals surface area contributed by atoms with Crippen molar-refractivity contribution in [1.82, 2.24) is 9.55 Å². The Morgan fingerprint density at radius 3 is 3.06 bits per heavy atom. The topological polar surface area (TPSA) is 87.2 Å². The molecule has 94 valence electrons. The van der Waals surface area contributed by atoms with E-state index in [0.29, 0.717) is 19.6 Å². The first-order valence-electron chi connectivity index (χ1n) is 5.08. The van der Waals surface area contributed by atoms with Crippen molar-refractivity contribution in [1.29, 1.82) is 0 Å². The lowest BCUT2D eigenvalue weighted by molar-refractivity contribution is -0.128. The molecular formula is C10H15N3O3S. The van der Waals surface area contributed by atoms with Gasteiger partial charge in [0.15, 0.2) is 0 Å². The highest BCUT2D eigenvalue weighted by Gasteiger charge is 2.08. The molecule has 17 heavy (non-hydrogen) atoms. The standard InChI is InChI=1S/C10H15N3O3S/c1-17-8(6-16-7-14)2-4-13-5-3-9(11)12-10(13)15/h3,5,7-8H,2,4,6H2,1H3,(H2,11,12,15). The maximum Gasteiger partial charge on any atom is 0.349 e. The highest BCUT2D eigenvalue weighted by atomic mass is 32.2. The highest BCUT2D eigenvalue weighted by Crippen LogP contribution is 2.11. The minimum Gasteiger partial charge on any atom is -0.467 e. The largest absolute Gasteiger partial charge is 0.467 e. The van der Waals surface area contributed by atoms with Crippen LogP contribution in [0, 0.1) is 0 Å². The van der Waals surface area contributed by atoms with Crippen LogP contribution in [0.3, 0.4) is 0 Å². The van der Waals surface area contributed by atoms with E-state index in [2.05, 4.69) is 4.98 Å².